The van der Waals surface area contributed by atoms with Crippen LogP contribution in [0.3, 0.4) is 0 Å². The van der Waals surface area contributed by atoms with E-state index in [9.17, 15) is 0 Å². The van der Waals surface area contributed by atoms with Crippen LogP contribution < -0.4 is 9.47 Å². The number of methoxy groups -OCH3 is 1. The van der Waals surface area contributed by atoms with Gasteiger partial charge in [-0.25, -0.2) is 0 Å². The SMILES string of the molecule is CCCc1ccc(OCC2CCC(C3CCC(CCC)CC3)CC2)c(C)c1OC. The van der Waals surface area contributed by atoms with Gasteiger partial charge >= 0.3 is 0 Å². The zero-order valence-corrected chi connectivity index (χ0v) is 19.5. The molecule has 164 valence electrons. The van der Waals surface area contributed by atoms with Crippen molar-refractivity contribution in [3.05, 3.63) is 23.3 Å². The fourth-order valence-corrected chi connectivity index (χ4v) is 6.03. The molecule has 0 amide bonds. The minimum atomic E-state index is 0.725. The van der Waals surface area contributed by atoms with Crippen LogP contribution in [-0.4, -0.2) is 13.7 Å². The lowest BCUT2D eigenvalue weighted by Gasteiger charge is -2.37. The monoisotopic (exact) mass is 400 g/mol. The van der Waals surface area contributed by atoms with E-state index in [0.29, 0.717) is 0 Å². The quantitative estimate of drug-likeness (QED) is 0.422. The average Bonchev–Trinajstić information content (AvgIpc) is 2.75. The Balaban J connectivity index is 1.45. The van der Waals surface area contributed by atoms with Gasteiger partial charge in [0.15, 0.2) is 0 Å². The molecule has 0 aliphatic heterocycles. The molecule has 0 saturated heterocycles. The second-order valence-electron chi connectivity index (χ2n) is 9.79. The third-order valence-electron chi connectivity index (χ3n) is 7.78. The number of hydrogen-bond acceptors (Lipinski definition) is 2. The third-order valence-corrected chi connectivity index (χ3v) is 7.78. The summed E-state index contributed by atoms with van der Waals surface area (Å²) in [6.45, 7) is 7.56. The zero-order valence-electron chi connectivity index (χ0n) is 19.5. The summed E-state index contributed by atoms with van der Waals surface area (Å²) < 4.78 is 12.0. The van der Waals surface area contributed by atoms with Gasteiger partial charge < -0.3 is 9.47 Å². The summed E-state index contributed by atoms with van der Waals surface area (Å²) in [5.41, 5.74) is 2.46. The van der Waals surface area contributed by atoms with Crippen LogP contribution in [0.25, 0.3) is 0 Å². The number of ether oxygens (including phenoxy) is 2. The predicted molar refractivity (Wildman–Crippen MR) is 123 cm³/mol. The van der Waals surface area contributed by atoms with E-state index in [0.717, 1.165) is 60.2 Å². The molecule has 2 nitrogen and oxygen atoms in total. The van der Waals surface area contributed by atoms with Gasteiger partial charge in [-0.1, -0.05) is 52.0 Å². The molecule has 1 aromatic rings. The van der Waals surface area contributed by atoms with E-state index in [4.69, 9.17) is 9.47 Å². The van der Waals surface area contributed by atoms with Crippen molar-refractivity contribution < 1.29 is 9.47 Å². The molecule has 0 radical (unpaired) electrons. The topological polar surface area (TPSA) is 18.5 Å². The van der Waals surface area contributed by atoms with E-state index >= 15 is 0 Å². The van der Waals surface area contributed by atoms with Gasteiger partial charge in [-0.2, -0.15) is 0 Å². The summed E-state index contributed by atoms with van der Waals surface area (Å²) >= 11 is 0. The van der Waals surface area contributed by atoms with Crippen molar-refractivity contribution in [2.45, 2.75) is 97.8 Å². The summed E-state index contributed by atoms with van der Waals surface area (Å²) in [6, 6.07) is 4.35. The Hall–Kier alpha value is -1.18. The minimum absolute atomic E-state index is 0.725. The predicted octanol–water partition coefficient (Wildman–Crippen LogP) is 7.75. The Labute approximate surface area is 179 Å². The highest BCUT2D eigenvalue weighted by atomic mass is 16.5. The van der Waals surface area contributed by atoms with Crippen LogP contribution in [0.1, 0.15) is 95.6 Å². The Morgan fingerprint density at radius 3 is 2.00 bits per heavy atom. The largest absolute Gasteiger partial charge is 0.496 e. The number of rotatable bonds is 9. The second kappa shape index (κ2) is 11.3. The van der Waals surface area contributed by atoms with Crippen LogP contribution in [0.4, 0.5) is 0 Å². The molecular weight excluding hydrogens is 356 g/mol. The third kappa shape index (κ3) is 5.92. The Kier molecular flexibility index (Phi) is 8.75. The van der Waals surface area contributed by atoms with Gasteiger partial charge in [-0.3, -0.25) is 0 Å². The van der Waals surface area contributed by atoms with Crippen LogP contribution in [0.5, 0.6) is 11.5 Å². The fraction of sp³-hybridized carbons (Fsp3) is 0.778. The van der Waals surface area contributed by atoms with E-state index in [2.05, 4.69) is 32.9 Å². The van der Waals surface area contributed by atoms with E-state index in [1.165, 1.54) is 69.8 Å². The van der Waals surface area contributed by atoms with E-state index in [-0.39, 0.29) is 0 Å². The van der Waals surface area contributed by atoms with Crippen molar-refractivity contribution in [2.75, 3.05) is 13.7 Å². The first kappa shape index (κ1) is 22.5. The highest BCUT2D eigenvalue weighted by molar-refractivity contribution is 5.49. The average molecular weight is 401 g/mol. The number of aryl methyl sites for hydroxylation is 1. The summed E-state index contributed by atoms with van der Waals surface area (Å²) in [6.07, 6.45) is 16.6. The first-order valence-corrected chi connectivity index (χ1v) is 12.4. The maximum absolute atomic E-state index is 6.29. The summed E-state index contributed by atoms with van der Waals surface area (Å²) in [4.78, 5) is 0. The van der Waals surface area contributed by atoms with Gasteiger partial charge in [-0.15, -0.1) is 0 Å². The van der Waals surface area contributed by atoms with Gasteiger partial charge in [0.05, 0.1) is 13.7 Å². The van der Waals surface area contributed by atoms with Gasteiger partial charge in [-0.05, 0) is 87.2 Å². The summed E-state index contributed by atoms with van der Waals surface area (Å²) in [5, 5.41) is 0. The van der Waals surface area contributed by atoms with E-state index < -0.39 is 0 Å². The van der Waals surface area contributed by atoms with Crippen LogP contribution in [0.2, 0.25) is 0 Å². The van der Waals surface area contributed by atoms with Crippen molar-refractivity contribution in [1.29, 1.82) is 0 Å². The molecule has 0 N–H and O–H groups in total. The smallest absolute Gasteiger partial charge is 0.128 e. The lowest BCUT2D eigenvalue weighted by Crippen LogP contribution is -2.27. The highest BCUT2D eigenvalue weighted by Crippen LogP contribution is 2.42. The molecule has 2 heteroatoms. The van der Waals surface area contributed by atoms with E-state index in [1.807, 2.05) is 0 Å². The van der Waals surface area contributed by atoms with Crippen LogP contribution in [0.15, 0.2) is 12.1 Å². The molecule has 0 spiro atoms. The zero-order chi connectivity index (χ0) is 20.6. The molecule has 2 aliphatic carbocycles. The molecule has 2 fully saturated rings. The van der Waals surface area contributed by atoms with Crippen molar-refractivity contribution >= 4 is 0 Å². The lowest BCUT2D eigenvalue weighted by atomic mass is 9.69. The first-order chi connectivity index (χ1) is 14.2. The van der Waals surface area contributed by atoms with Crippen molar-refractivity contribution in [3.8, 4) is 11.5 Å². The molecule has 3 rings (SSSR count). The van der Waals surface area contributed by atoms with Gasteiger partial charge in [0, 0.05) is 5.56 Å². The molecule has 0 aromatic heterocycles. The van der Waals surface area contributed by atoms with Crippen LogP contribution in [-0.2, 0) is 6.42 Å². The standard InChI is InChI=1S/C27H44O2/c1-5-7-21-9-13-23(14-10-21)24-15-11-22(12-16-24)19-29-26-18-17-25(8-6-2)27(28-4)20(26)3/h17-18,21-24H,5-16,19H2,1-4H3. The molecule has 0 bridgehead atoms. The van der Waals surface area contributed by atoms with Gasteiger partial charge in [0.2, 0.25) is 0 Å². The van der Waals surface area contributed by atoms with Crippen molar-refractivity contribution in [1.82, 2.24) is 0 Å². The Morgan fingerprint density at radius 1 is 0.828 bits per heavy atom. The summed E-state index contributed by atoms with van der Waals surface area (Å²) in [7, 11) is 1.78. The molecular formula is C27H44O2. The molecule has 0 atom stereocenters. The Morgan fingerprint density at radius 2 is 1.45 bits per heavy atom. The molecule has 2 saturated carbocycles. The fourth-order valence-electron chi connectivity index (χ4n) is 6.03. The second-order valence-corrected chi connectivity index (χ2v) is 9.79. The normalized spacial score (nSPS) is 27.6. The highest BCUT2D eigenvalue weighted by Gasteiger charge is 2.31. The lowest BCUT2D eigenvalue weighted by molar-refractivity contribution is 0.121. The van der Waals surface area contributed by atoms with E-state index in [1.54, 1.807) is 7.11 Å². The summed E-state index contributed by atoms with van der Waals surface area (Å²) in [5.74, 6) is 5.80. The van der Waals surface area contributed by atoms with Crippen LogP contribution >= 0.6 is 0 Å². The van der Waals surface area contributed by atoms with Crippen molar-refractivity contribution in [3.63, 3.8) is 0 Å². The molecule has 0 unspecified atom stereocenters. The number of benzene rings is 1. The van der Waals surface area contributed by atoms with Crippen LogP contribution in [0, 0.1) is 30.6 Å². The molecule has 2 aliphatic rings. The van der Waals surface area contributed by atoms with Crippen molar-refractivity contribution in [2.24, 2.45) is 23.7 Å². The molecule has 0 heterocycles. The Bertz CT molecular complexity index is 607. The molecule has 29 heavy (non-hydrogen) atoms. The first-order valence-electron chi connectivity index (χ1n) is 12.4. The molecule has 1 aromatic carbocycles. The van der Waals surface area contributed by atoms with Gasteiger partial charge in [0.25, 0.3) is 0 Å². The maximum Gasteiger partial charge on any atom is 0.128 e. The minimum Gasteiger partial charge on any atom is -0.496 e. The van der Waals surface area contributed by atoms with Gasteiger partial charge in [0.1, 0.15) is 11.5 Å². The maximum atomic E-state index is 6.29. The number of hydrogen-bond donors (Lipinski definition) is 0.